The third-order valence-corrected chi connectivity index (χ3v) is 5.01. The maximum absolute atomic E-state index is 13.1. The monoisotopic (exact) mass is 382 g/mol. The molecule has 0 saturated carbocycles. The van der Waals surface area contributed by atoms with E-state index in [1.54, 1.807) is 0 Å². The second-order valence-electron chi connectivity index (χ2n) is 7.07. The van der Waals surface area contributed by atoms with Crippen LogP contribution in [-0.4, -0.2) is 22.8 Å². The van der Waals surface area contributed by atoms with E-state index in [2.05, 4.69) is 5.32 Å². The number of aldehydes is 1. The van der Waals surface area contributed by atoms with Gasteiger partial charge in [-0.15, -0.1) is 0 Å². The first kappa shape index (κ1) is 18.7. The van der Waals surface area contributed by atoms with Gasteiger partial charge >= 0.3 is 0 Å². The van der Waals surface area contributed by atoms with Gasteiger partial charge in [-0.25, -0.2) is 0 Å². The van der Waals surface area contributed by atoms with E-state index in [-0.39, 0.29) is 5.91 Å². The van der Waals surface area contributed by atoms with Crippen molar-refractivity contribution in [3.8, 4) is 0 Å². The molecule has 1 atom stereocenters. The molecule has 0 saturated heterocycles. The largest absolute Gasteiger partial charge is 0.341 e. The summed E-state index contributed by atoms with van der Waals surface area (Å²) in [6.07, 6.45) is 1.27. The molecule has 0 bridgehead atoms. The van der Waals surface area contributed by atoms with Crippen LogP contribution < -0.4 is 5.32 Å². The van der Waals surface area contributed by atoms with Crippen molar-refractivity contribution in [1.82, 2.24) is 9.88 Å². The van der Waals surface area contributed by atoms with E-state index < -0.39 is 6.04 Å². The van der Waals surface area contributed by atoms with Gasteiger partial charge in [-0.3, -0.25) is 4.79 Å². The average molecular weight is 382 g/mol. The molecule has 0 aliphatic heterocycles. The first-order valence-electron chi connectivity index (χ1n) is 9.67. The van der Waals surface area contributed by atoms with E-state index in [4.69, 9.17) is 0 Å². The van der Waals surface area contributed by atoms with E-state index in [1.165, 1.54) is 0 Å². The number of nitrogens with zero attached hydrogens (tertiary/aromatic N) is 1. The molecule has 1 N–H and O–H groups in total. The predicted molar refractivity (Wildman–Crippen MR) is 115 cm³/mol. The van der Waals surface area contributed by atoms with E-state index in [0.29, 0.717) is 18.7 Å². The van der Waals surface area contributed by atoms with Gasteiger partial charge in [-0.05, 0) is 29.7 Å². The maximum atomic E-state index is 13.1. The van der Waals surface area contributed by atoms with Crippen LogP contribution in [-0.2, 0) is 17.8 Å². The van der Waals surface area contributed by atoms with Crippen LogP contribution in [0.25, 0.3) is 10.9 Å². The minimum absolute atomic E-state index is 0.245. The van der Waals surface area contributed by atoms with Crippen molar-refractivity contribution in [2.75, 3.05) is 0 Å². The highest BCUT2D eigenvalue weighted by Gasteiger charge is 2.19. The topological polar surface area (TPSA) is 51.1 Å². The molecule has 1 heterocycles. The first-order valence-corrected chi connectivity index (χ1v) is 9.67. The van der Waals surface area contributed by atoms with Crippen molar-refractivity contribution in [3.05, 3.63) is 108 Å². The standard InChI is InChI=1S/C25H22N2O2/c28-18-22(15-19-9-3-1-4-10-19)26-25(29)24-16-21-13-7-8-14-23(21)27(24)17-20-11-5-2-6-12-20/h1-14,16,18,22H,15,17H2,(H,26,29). The van der Waals surface area contributed by atoms with Crippen LogP contribution in [0.2, 0.25) is 0 Å². The second-order valence-corrected chi connectivity index (χ2v) is 7.07. The predicted octanol–water partition coefficient (Wildman–Crippen LogP) is 4.23. The highest BCUT2D eigenvalue weighted by atomic mass is 16.2. The molecule has 0 aliphatic rings. The van der Waals surface area contributed by atoms with Crippen molar-refractivity contribution >= 4 is 23.1 Å². The summed E-state index contributed by atoms with van der Waals surface area (Å²) in [5, 5.41) is 3.89. The molecule has 0 radical (unpaired) electrons. The number of hydrogen-bond donors (Lipinski definition) is 1. The van der Waals surface area contributed by atoms with Gasteiger partial charge in [0.15, 0.2) is 0 Å². The molecule has 144 valence electrons. The van der Waals surface area contributed by atoms with Crippen LogP contribution in [0.5, 0.6) is 0 Å². The zero-order chi connectivity index (χ0) is 20.1. The molecule has 1 unspecified atom stereocenters. The molecule has 4 nitrogen and oxygen atoms in total. The SMILES string of the molecule is O=CC(Cc1ccccc1)NC(=O)c1cc2ccccc2n1Cc1ccccc1. The molecule has 0 spiro atoms. The third kappa shape index (κ3) is 4.27. The second kappa shape index (κ2) is 8.57. The number of benzene rings is 3. The van der Waals surface area contributed by atoms with Crippen LogP contribution >= 0.6 is 0 Å². The van der Waals surface area contributed by atoms with E-state index in [1.807, 2.05) is 95.6 Å². The summed E-state index contributed by atoms with van der Waals surface area (Å²) in [5.74, 6) is -0.245. The lowest BCUT2D eigenvalue weighted by Gasteiger charge is -2.15. The number of nitrogens with one attached hydrogen (secondary N) is 1. The lowest BCUT2D eigenvalue weighted by Crippen LogP contribution is -2.38. The van der Waals surface area contributed by atoms with Crippen molar-refractivity contribution in [1.29, 1.82) is 0 Å². The van der Waals surface area contributed by atoms with Crippen molar-refractivity contribution in [2.45, 2.75) is 19.0 Å². The smallest absolute Gasteiger partial charge is 0.268 e. The zero-order valence-electron chi connectivity index (χ0n) is 16.0. The lowest BCUT2D eigenvalue weighted by atomic mass is 10.1. The lowest BCUT2D eigenvalue weighted by molar-refractivity contribution is -0.109. The van der Waals surface area contributed by atoms with Crippen molar-refractivity contribution < 1.29 is 9.59 Å². The van der Waals surface area contributed by atoms with Crippen LogP contribution in [0.3, 0.4) is 0 Å². The Morgan fingerprint density at radius 3 is 2.17 bits per heavy atom. The minimum atomic E-state index is -0.576. The number of carbonyl (C=O) groups excluding carboxylic acids is 2. The van der Waals surface area contributed by atoms with Gasteiger partial charge in [0.1, 0.15) is 12.0 Å². The molecule has 1 amide bonds. The number of carbonyl (C=O) groups is 2. The Morgan fingerprint density at radius 1 is 0.862 bits per heavy atom. The Kier molecular flexibility index (Phi) is 5.52. The summed E-state index contributed by atoms with van der Waals surface area (Å²) in [5.41, 5.74) is 3.66. The molecule has 4 aromatic rings. The van der Waals surface area contributed by atoms with Gasteiger partial charge in [0.05, 0.1) is 6.04 Å². The highest BCUT2D eigenvalue weighted by molar-refractivity contribution is 5.99. The van der Waals surface area contributed by atoms with Crippen molar-refractivity contribution in [3.63, 3.8) is 0 Å². The Morgan fingerprint density at radius 2 is 1.48 bits per heavy atom. The summed E-state index contributed by atoms with van der Waals surface area (Å²) in [7, 11) is 0. The molecule has 1 aromatic heterocycles. The van der Waals surface area contributed by atoms with Crippen LogP contribution in [0.1, 0.15) is 21.6 Å². The van der Waals surface area contributed by atoms with E-state index in [9.17, 15) is 9.59 Å². The molecular formula is C25H22N2O2. The summed E-state index contributed by atoms with van der Waals surface area (Å²) in [6.45, 7) is 0.585. The Labute approximate surface area is 169 Å². The molecule has 29 heavy (non-hydrogen) atoms. The van der Waals surface area contributed by atoms with Gasteiger partial charge in [-0.2, -0.15) is 0 Å². The summed E-state index contributed by atoms with van der Waals surface area (Å²) >= 11 is 0. The highest BCUT2D eigenvalue weighted by Crippen LogP contribution is 2.21. The molecule has 0 fully saturated rings. The fourth-order valence-corrected chi connectivity index (χ4v) is 3.58. The molecule has 3 aromatic carbocycles. The normalized spacial score (nSPS) is 11.9. The zero-order valence-corrected chi connectivity index (χ0v) is 16.0. The van der Waals surface area contributed by atoms with E-state index >= 15 is 0 Å². The third-order valence-electron chi connectivity index (χ3n) is 5.01. The fourth-order valence-electron chi connectivity index (χ4n) is 3.58. The van der Waals surface area contributed by atoms with Crippen LogP contribution in [0.15, 0.2) is 91.0 Å². The summed E-state index contributed by atoms with van der Waals surface area (Å²) < 4.78 is 2.00. The Bertz CT molecular complexity index is 1120. The first-order chi connectivity index (χ1) is 14.2. The van der Waals surface area contributed by atoms with Crippen molar-refractivity contribution in [2.24, 2.45) is 0 Å². The van der Waals surface area contributed by atoms with Crippen LogP contribution in [0, 0.1) is 0 Å². The number of para-hydroxylation sites is 1. The average Bonchev–Trinajstić information content (AvgIpc) is 3.13. The van der Waals surface area contributed by atoms with Gasteiger partial charge in [-0.1, -0.05) is 78.9 Å². The van der Waals surface area contributed by atoms with E-state index in [0.717, 1.165) is 28.3 Å². The number of amides is 1. The number of fused-ring (bicyclic) bond motifs is 1. The number of rotatable bonds is 7. The maximum Gasteiger partial charge on any atom is 0.268 e. The van der Waals surface area contributed by atoms with Crippen LogP contribution in [0.4, 0.5) is 0 Å². The number of hydrogen-bond acceptors (Lipinski definition) is 2. The van der Waals surface area contributed by atoms with Gasteiger partial charge in [0.25, 0.3) is 5.91 Å². The van der Waals surface area contributed by atoms with Gasteiger partial charge in [0, 0.05) is 17.4 Å². The Hall–Kier alpha value is -3.66. The molecule has 4 heteroatoms. The molecule has 4 rings (SSSR count). The number of aromatic nitrogens is 1. The fraction of sp³-hybridized carbons (Fsp3) is 0.120. The van der Waals surface area contributed by atoms with Gasteiger partial charge < -0.3 is 14.7 Å². The Balaban J connectivity index is 1.62. The summed E-state index contributed by atoms with van der Waals surface area (Å²) in [6, 6.07) is 29.0. The minimum Gasteiger partial charge on any atom is -0.341 e. The summed E-state index contributed by atoms with van der Waals surface area (Å²) in [4.78, 5) is 24.7. The quantitative estimate of drug-likeness (QED) is 0.486. The molecule has 0 aliphatic carbocycles. The van der Waals surface area contributed by atoms with Gasteiger partial charge in [0.2, 0.25) is 0 Å². The molecular weight excluding hydrogens is 360 g/mol.